The van der Waals surface area contributed by atoms with E-state index < -0.39 is 0 Å². The highest BCUT2D eigenvalue weighted by molar-refractivity contribution is 5.81. The molecule has 1 amide bonds. The van der Waals surface area contributed by atoms with E-state index in [9.17, 15) is 4.79 Å². The Morgan fingerprint density at radius 1 is 1.15 bits per heavy atom. The second kappa shape index (κ2) is 2.47. The van der Waals surface area contributed by atoms with Crippen LogP contribution in [0.2, 0.25) is 0 Å². The van der Waals surface area contributed by atoms with Gasteiger partial charge in [0.2, 0.25) is 5.91 Å². The summed E-state index contributed by atoms with van der Waals surface area (Å²) in [6.07, 6.45) is 5.09. The summed E-state index contributed by atoms with van der Waals surface area (Å²) in [4.78, 5) is 11.3. The predicted molar refractivity (Wildman–Crippen MR) is 47.4 cm³/mol. The van der Waals surface area contributed by atoms with E-state index in [1.54, 1.807) is 0 Å². The SMILES string of the molecule is N#CC12CCC(C(N)=O)(CC1)CC2. The van der Waals surface area contributed by atoms with E-state index in [0.717, 1.165) is 38.5 Å². The first-order valence-electron chi connectivity index (χ1n) is 4.84. The van der Waals surface area contributed by atoms with E-state index in [0.29, 0.717) is 0 Å². The zero-order valence-corrected chi connectivity index (χ0v) is 7.68. The average molecular weight is 178 g/mol. The van der Waals surface area contributed by atoms with Crippen LogP contribution in [0.3, 0.4) is 0 Å². The summed E-state index contributed by atoms with van der Waals surface area (Å²) in [6, 6.07) is 2.41. The van der Waals surface area contributed by atoms with Crippen molar-refractivity contribution in [2.24, 2.45) is 16.6 Å². The van der Waals surface area contributed by atoms with E-state index in [1.807, 2.05) is 0 Å². The number of fused-ring (bicyclic) bond motifs is 3. The van der Waals surface area contributed by atoms with E-state index in [1.165, 1.54) is 0 Å². The van der Waals surface area contributed by atoms with E-state index in [2.05, 4.69) is 6.07 Å². The van der Waals surface area contributed by atoms with Gasteiger partial charge in [-0.25, -0.2) is 0 Å². The van der Waals surface area contributed by atoms with Crippen molar-refractivity contribution in [3.63, 3.8) is 0 Å². The lowest BCUT2D eigenvalue weighted by Crippen LogP contribution is -2.48. The molecule has 0 spiro atoms. The van der Waals surface area contributed by atoms with Crippen molar-refractivity contribution in [3.8, 4) is 6.07 Å². The second-order valence-corrected chi connectivity index (χ2v) is 4.54. The van der Waals surface area contributed by atoms with E-state index in [4.69, 9.17) is 11.0 Å². The quantitative estimate of drug-likeness (QED) is 0.658. The molecule has 0 aromatic rings. The molecule has 3 heteroatoms. The van der Waals surface area contributed by atoms with Crippen LogP contribution < -0.4 is 5.73 Å². The van der Waals surface area contributed by atoms with Crippen molar-refractivity contribution in [1.29, 1.82) is 5.26 Å². The van der Waals surface area contributed by atoms with E-state index in [-0.39, 0.29) is 16.7 Å². The standard InChI is InChI=1S/C10H14N2O/c11-7-9-1-4-10(5-2-9,6-3-9)8(12)13/h1-6H2,(H2,12,13). The van der Waals surface area contributed by atoms with Gasteiger partial charge in [-0.05, 0) is 38.5 Å². The Hall–Kier alpha value is -1.04. The Balaban J connectivity index is 2.22. The van der Waals surface area contributed by atoms with Crippen LogP contribution in [0.5, 0.6) is 0 Å². The average Bonchev–Trinajstić information content (AvgIpc) is 2.20. The van der Waals surface area contributed by atoms with Crippen LogP contribution in [0.15, 0.2) is 0 Å². The van der Waals surface area contributed by atoms with Gasteiger partial charge in [0.05, 0.1) is 11.5 Å². The van der Waals surface area contributed by atoms with Crippen LogP contribution in [0, 0.1) is 22.2 Å². The molecule has 0 saturated heterocycles. The highest BCUT2D eigenvalue weighted by Gasteiger charge is 2.51. The Morgan fingerprint density at radius 2 is 1.62 bits per heavy atom. The molecule has 2 bridgehead atoms. The lowest BCUT2D eigenvalue weighted by atomic mass is 9.54. The first-order valence-corrected chi connectivity index (χ1v) is 4.84. The Morgan fingerprint density at radius 3 is 1.92 bits per heavy atom. The van der Waals surface area contributed by atoms with Crippen molar-refractivity contribution in [3.05, 3.63) is 0 Å². The lowest BCUT2D eigenvalue weighted by molar-refractivity contribution is -0.135. The molecule has 13 heavy (non-hydrogen) atoms. The largest absolute Gasteiger partial charge is 0.369 e. The number of carbonyl (C=O) groups excluding carboxylic acids is 1. The fourth-order valence-electron chi connectivity index (χ4n) is 2.72. The van der Waals surface area contributed by atoms with Gasteiger partial charge >= 0.3 is 0 Å². The summed E-state index contributed by atoms with van der Waals surface area (Å²) in [5, 5.41) is 9.02. The summed E-state index contributed by atoms with van der Waals surface area (Å²) in [6.45, 7) is 0. The third kappa shape index (κ3) is 1.05. The van der Waals surface area contributed by atoms with Gasteiger partial charge in [0, 0.05) is 5.41 Å². The van der Waals surface area contributed by atoms with Crippen LogP contribution in [0.25, 0.3) is 0 Å². The maximum Gasteiger partial charge on any atom is 0.223 e. The predicted octanol–water partition coefficient (Wildman–Crippen LogP) is 1.34. The number of nitriles is 1. The van der Waals surface area contributed by atoms with Gasteiger partial charge in [-0.3, -0.25) is 4.79 Å². The molecule has 0 heterocycles. The van der Waals surface area contributed by atoms with Gasteiger partial charge < -0.3 is 5.73 Å². The Bertz CT molecular complexity index is 265. The molecule has 2 N–H and O–H groups in total. The number of hydrogen-bond donors (Lipinski definition) is 1. The molecule has 0 aliphatic heterocycles. The minimum atomic E-state index is -0.251. The summed E-state index contributed by atoms with van der Waals surface area (Å²) >= 11 is 0. The maximum absolute atomic E-state index is 11.3. The molecule has 0 aromatic heterocycles. The number of nitrogens with two attached hydrogens (primary N) is 1. The first-order chi connectivity index (χ1) is 6.13. The fraction of sp³-hybridized carbons (Fsp3) is 0.800. The molecule has 3 fully saturated rings. The number of amides is 1. The van der Waals surface area contributed by atoms with Crippen LogP contribution in [-0.2, 0) is 4.79 Å². The molecule has 0 radical (unpaired) electrons. The van der Waals surface area contributed by atoms with Crippen molar-refractivity contribution in [2.45, 2.75) is 38.5 Å². The number of nitrogens with zero attached hydrogens (tertiary/aromatic N) is 1. The van der Waals surface area contributed by atoms with E-state index >= 15 is 0 Å². The van der Waals surface area contributed by atoms with Crippen LogP contribution >= 0.6 is 0 Å². The zero-order valence-electron chi connectivity index (χ0n) is 7.68. The van der Waals surface area contributed by atoms with Gasteiger partial charge in [0.15, 0.2) is 0 Å². The van der Waals surface area contributed by atoms with Crippen LogP contribution in [0.1, 0.15) is 38.5 Å². The number of primary amides is 1. The third-order valence-corrected chi connectivity index (χ3v) is 4.01. The summed E-state index contributed by atoms with van der Waals surface area (Å²) in [5.41, 5.74) is 5.03. The number of carbonyl (C=O) groups is 1. The lowest BCUT2D eigenvalue weighted by Gasteiger charge is -2.48. The second-order valence-electron chi connectivity index (χ2n) is 4.54. The van der Waals surface area contributed by atoms with Crippen molar-refractivity contribution >= 4 is 5.91 Å². The molecule has 0 aromatic carbocycles. The van der Waals surface area contributed by atoms with Gasteiger partial charge in [-0.1, -0.05) is 0 Å². The molecule has 0 unspecified atom stereocenters. The van der Waals surface area contributed by atoms with Gasteiger partial charge in [0.25, 0.3) is 0 Å². The summed E-state index contributed by atoms with van der Waals surface area (Å²) in [5.74, 6) is -0.154. The molecule has 3 nitrogen and oxygen atoms in total. The summed E-state index contributed by atoms with van der Waals surface area (Å²) in [7, 11) is 0. The van der Waals surface area contributed by atoms with Gasteiger partial charge in [0.1, 0.15) is 0 Å². The zero-order chi connectivity index (χ0) is 9.53. The maximum atomic E-state index is 11.3. The Labute approximate surface area is 77.9 Å². The molecule has 3 saturated carbocycles. The molecule has 3 aliphatic rings. The number of rotatable bonds is 1. The minimum absolute atomic E-state index is 0.114. The smallest absolute Gasteiger partial charge is 0.223 e. The fourth-order valence-corrected chi connectivity index (χ4v) is 2.72. The summed E-state index contributed by atoms with van der Waals surface area (Å²) < 4.78 is 0. The molecular weight excluding hydrogens is 164 g/mol. The Kier molecular flexibility index (Phi) is 1.63. The van der Waals surface area contributed by atoms with Gasteiger partial charge in [-0.15, -0.1) is 0 Å². The third-order valence-electron chi connectivity index (χ3n) is 4.01. The molecule has 0 atom stereocenters. The van der Waals surface area contributed by atoms with Crippen molar-refractivity contribution in [2.75, 3.05) is 0 Å². The topological polar surface area (TPSA) is 66.9 Å². The first kappa shape index (κ1) is 8.55. The monoisotopic (exact) mass is 178 g/mol. The van der Waals surface area contributed by atoms with Gasteiger partial charge in [-0.2, -0.15) is 5.26 Å². The highest BCUT2D eigenvalue weighted by atomic mass is 16.1. The van der Waals surface area contributed by atoms with Crippen molar-refractivity contribution < 1.29 is 4.79 Å². The van der Waals surface area contributed by atoms with Crippen LogP contribution in [-0.4, -0.2) is 5.91 Å². The molecule has 70 valence electrons. The normalized spacial score (nSPS) is 42.7. The van der Waals surface area contributed by atoms with Crippen LogP contribution in [0.4, 0.5) is 0 Å². The number of hydrogen-bond acceptors (Lipinski definition) is 2. The highest BCUT2D eigenvalue weighted by Crippen LogP contribution is 2.56. The molecule has 3 rings (SSSR count). The minimum Gasteiger partial charge on any atom is -0.369 e. The molecular formula is C10H14N2O. The van der Waals surface area contributed by atoms with Crippen molar-refractivity contribution in [1.82, 2.24) is 0 Å². The molecule has 3 aliphatic carbocycles.